The van der Waals surface area contributed by atoms with Gasteiger partial charge in [0.25, 0.3) is 0 Å². The fourth-order valence-corrected chi connectivity index (χ4v) is 2.78. The minimum atomic E-state index is -1.75. The van der Waals surface area contributed by atoms with Crippen LogP contribution in [0.2, 0.25) is 0 Å². The summed E-state index contributed by atoms with van der Waals surface area (Å²) < 4.78 is 1.12. The molecule has 0 spiro atoms. The van der Waals surface area contributed by atoms with Crippen molar-refractivity contribution in [1.82, 2.24) is 0 Å². The quantitative estimate of drug-likeness (QED) is 0.136. The van der Waals surface area contributed by atoms with Gasteiger partial charge in [-0.25, -0.2) is 0 Å². The van der Waals surface area contributed by atoms with Gasteiger partial charge in [0.05, 0.1) is 32.8 Å². The largest absolute Gasteiger partial charge is 1.00 e. The predicted octanol–water partition coefficient (Wildman–Crippen LogP) is 5.76. The molecule has 0 saturated heterocycles. The van der Waals surface area contributed by atoms with Crippen molar-refractivity contribution in [2.75, 3.05) is 27.7 Å². The minimum absolute atomic E-state index is 0. The maximum Gasteiger partial charge on any atom is 1.00 e. The zero-order valence-corrected chi connectivity index (χ0v) is 20.1. The molecule has 157 valence electrons. The number of nitrogens with zero attached hydrogens (tertiary/aromatic N) is 2. The van der Waals surface area contributed by atoms with E-state index in [-0.39, 0.29) is 31.7 Å². The molecule has 0 heterocycles. The maximum absolute atomic E-state index is 8.25. The Morgan fingerprint density at radius 2 is 0.885 bits per heavy atom. The molecule has 0 aromatic heterocycles. The van der Waals surface area contributed by atoms with Gasteiger partial charge in [0, 0.05) is 0 Å². The van der Waals surface area contributed by atoms with Gasteiger partial charge < -0.3 is 25.3 Å². The van der Waals surface area contributed by atoms with E-state index in [1.54, 1.807) is 0 Å². The topological polar surface area (TPSA) is 96.2 Å². The number of quaternary nitrogens is 1. The second-order valence-electron chi connectivity index (χ2n) is 7.83. The van der Waals surface area contributed by atoms with Gasteiger partial charge in [0.2, 0.25) is 0 Å². The molecule has 0 aromatic carbocycles. The summed E-state index contributed by atoms with van der Waals surface area (Å²) in [5, 5.41) is 14.8. The fraction of sp³-hybridized carbons (Fsp3) is 1.00. The Bertz CT molecular complexity index is 271. The van der Waals surface area contributed by atoms with Crippen LogP contribution in [0.5, 0.6) is 0 Å². The van der Waals surface area contributed by atoms with Gasteiger partial charge in [0.1, 0.15) is 0 Å². The van der Waals surface area contributed by atoms with Crippen molar-refractivity contribution in [3.05, 3.63) is 15.3 Å². The summed E-state index contributed by atoms with van der Waals surface area (Å²) in [6, 6.07) is 0. The summed E-state index contributed by atoms with van der Waals surface area (Å²) in [7, 11) is 6.88. The van der Waals surface area contributed by atoms with Crippen LogP contribution < -0.4 is 0 Å². The van der Waals surface area contributed by atoms with Crippen molar-refractivity contribution in [2.45, 2.75) is 96.8 Å². The minimum Gasteiger partial charge on any atom is -0.870 e. The van der Waals surface area contributed by atoms with E-state index in [2.05, 4.69) is 28.1 Å². The van der Waals surface area contributed by atoms with E-state index in [0.29, 0.717) is 0 Å². The molecule has 0 aliphatic heterocycles. The van der Waals surface area contributed by atoms with E-state index in [4.69, 9.17) is 15.3 Å². The van der Waals surface area contributed by atoms with Crippen LogP contribution >= 0.6 is 0 Å². The second kappa shape index (κ2) is 25.0. The Labute approximate surface area is 180 Å². The molecular formula is C19H43N2O4Zr. The van der Waals surface area contributed by atoms with Crippen LogP contribution in [-0.4, -0.2) is 42.7 Å². The normalized spacial score (nSPS) is 10.2. The third-order valence-electron chi connectivity index (χ3n) is 4.18. The monoisotopic (exact) mass is 453 g/mol. The number of hydrogen-bond donors (Lipinski definition) is 0. The standard InChI is InChI=1S/C19H42N.NO3.H2O.Zr/c1-5-6-7-8-9-10-11-12-13-14-15-16-17-18-19-20(2,3)4;2-1(3)4;;/h5-19H2,1-4H3;;1H2;/q+1;-1;;+1/p-1. The van der Waals surface area contributed by atoms with Crippen molar-refractivity contribution in [3.8, 4) is 0 Å². The first-order chi connectivity index (χ1) is 11.3. The molecule has 0 aliphatic rings. The molecule has 7 heteroatoms. The van der Waals surface area contributed by atoms with E-state index in [0.717, 1.165) is 4.48 Å². The van der Waals surface area contributed by atoms with Crippen molar-refractivity contribution in [2.24, 2.45) is 0 Å². The molecule has 0 aromatic rings. The molecule has 0 unspecified atom stereocenters. The zero-order valence-electron chi connectivity index (χ0n) is 17.7. The molecule has 0 saturated carbocycles. The van der Waals surface area contributed by atoms with Crippen molar-refractivity contribution >= 4 is 0 Å². The van der Waals surface area contributed by atoms with Crippen LogP contribution in [0.15, 0.2) is 0 Å². The predicted molar refractivity (Wildman–Crippen MR) is 106 cm³/mol. The molecule has 0 aliphatic carbocycles. The van der Waals surface area contributed by atoms with Crippen molar-refractivity contribution in [1.29, 1.82) is 0 Å². The summed E-state index contributed by atoms with van der Waals surface area (Å²) in [5.74, 6) is 0. The molecule has 0 rings (SSSR count). The van der Waals surface area contributed by atoms with Crippen molar-refractivity contribution < 1.29 is 41.2 Å². The second-order valence-corrected chi connectivity index (χ2v) is 7.83. The van der Waals surface area contributed by atoms with E-state index in [1.165, 1.54) is 96.4 Å². The van der Waals surface area contributed by atoms with Gasteiger partial charge in [-0.3, -0.25) is 0 Å². The molecule has 0 fully saturated rings. The van der Waals surface area contributed by atoms with Crippen molar-refractivity contribution in [3.63, 3.8) is 0 Å². The Balaban J connectivity index is -0.000000363. The van der Waals surface area contributed by atoms with Gasteiger partial charge in [-0.1, -0.05) is 84.0 Å². The zero-order chi connectivity index (χ0) is 18.7. The molecule has 26 heavy (non-hydrogen) atoms. The van der Waals surface area contributed by atoms with Crippen LogP contribution in [0.4, 0.5) is 0 Å². The third-order valence-corrected chi connectivity index (χ3v) is 4.18. The summed E-state index contributed by atoms with van der Waals surface area (Å²) >= 11 is 0. The molecule has 0 atom stereocenters. The smallest absolute Gasteiger partial charge is 0.870 e. The molecule has 0 amide bonds. The maximum atomic E-state index is 8.25. The van der Waals surface area contributed by atoms with Gasteiger partial charge in [0.15, 0.2) is 0 Å². The van der Waals surface area contributed by atoms with E-state index in [9.17, 15) is 0 Å². The average Bonchev–Trinajstić information content (AvgIpc) is 2.46. The Hall–Kier alpha value is 0.00312. The van der Waals surface area contributed by atoms with E-state index in [1.807, 2.05) is 0 Å². The van der Waals surface area contributed by atoms with Gasteiger partial charge >= 0.3 is 26.2 Å². The summed E-state index contributed by atoms with van der Waals surface area (Å²) in [6.07, 6.45) is 20.4. The third kappa shape index (κ3) is 43.9. The summed E-state index contributed by atoms with van der Waals surface area (Å²) in [5.41, 5.74) is 0. The summed E-state index contributed by atoms with van der Waals surface area (Å²) in [6.45, 7) is 3.63. The average molecular weight is 455 g/mol. The van der Waals surface area contributed by atoms with E-state index < -0.39 is 5.09 Å². The molecule has 0 bridgehead atoms. The van der Waals surface area contributed by atoms with E-state index >= 15 is 0 Å². The first kappa shape index (κ1) is 33.6. The first-order valence-electron chi connectivity index (χ1n) is 9.91. The number of unbranched alkanes of at least 4 members (excludes halogenated alkanes) is 13. The molecular weight excluding hydrogens is 411 g/mol. The van der Waals surface area contributed by atoms with Crippen LogP contribution in [0.25, 0.3) is 0 Å². The van der Waals surface area contributed by atoms with Gasteiger partial charge in [-0.15, -0.1) is 0 Å². The van der Waals surface area contributed by atoms with Gasteiger partial charge in [-0.2, -0.15) is 0 Å². The van der Waals surface area contributed by atoms with Crippen LogP contribution in [-0.2, 0) is 26.2 Å². The van der Waals surface area contributed by atoms with Crippen LogP contribution in [0.1, 0.15) is 96.8 Å². The molecule has 6 nitrogen and oxygen atoms in total. The number of hydrogen-bond acceptors (Lipinski definition) is 4. The Morgan fingerprint density at radius 3 is 1.12 bits per heavy atom. The Kier molecular flexibility index (Phi) is 32.3. The first-order valence-corrected chi connectivity index (χ1v) is 9.91. The Morgan fingerprint density at radius 1 is 0.654 bits per heavy atom. The van der Waals surface area contributed by atoms with Gasteiger partial charge in [-0.05, 0) is 12.8 Å². The SMILES string of the molecule is CCCCCCCCCCCCCCCC[N+](C)(C)C.O=[N+]([O-])[O-].[OH-].[Zr+]. The molecule has 1 N–H and O–H groups in total. The fourth-order valence-electron chi connectivity index (χ4n) is 2.78. The molecule has 1 radical (unpaired) electrons. The van der Waals surface area contributed by atoms with Crippen LogP contribution in [0.3, 0.4) is 0 Å². The van der Waals surface area contributed by atoms with Crippen LogP contribution in [0, 0.1) is 15.3 Å². The summed E-state index contributed by atoms with van der Waals surface area (Å²) in [4.78, 5) is 8.25. The number of rotatable bonds is 15.